The van der Waals surface area contributed by atoms with Gasteiger partial charge < -0.3 is 5.32 Å². The summed E-state index contributed by atoms with van der Waals surface area (Å²) in [5.41, 5.74) is 0. The molecule has 0 aliphatic rings. The molecule has 0 heterocycles. The summed E-state index contributed by atoms with van der Waals surface area (Å²) in [6, 6.07) is 0. The summed E-state index contributed by atoms with van der Waals surface area (Å²) in [5, 5.41) is 2.65. The van der Waals surface area contributed by atoms with Crippen LogP contribution in [0.4, 0.5) is 0 Å². The van der Waals surface area contributed by atoms with Crippen LogP contribution in [0, 0.1) is 0 Å². The monoisotopic (exact) mass is 160 g/mol. The number of amides is 1. The number of carbonyl (C=O) groups excluding carboxylic acids is 1. The van der Waals surface area contributed by atoms with Gasteiger partial charge in [0.25, 0.3) is 0 Å². The van der Waals surface area contributed by atoms with Gasteiger partial charge in [0.1, 0.15) is 0 Å². The zero-order chi connectivity index (χ0) is 7.82. The third kappa shape index (κ3) is 5.62. The molecule has 3 nitrogen and oxygen atoms in total. The quantitative estimate of drug-likeness (QED) is 0.445. The predicted molar refractivity (Wildman–Crippen MR) is 45.9 cm³/mol. The van der Waals surface area contributed by atoms with E-state index in [-0.39, 0.29) is 5.91 Å². The van der Waals surface area contributed by atoms with Crippen LogP contribution in [0.2, 0.25) is 0 Å². The highest BCUT2D eigenvalue weighted by Crippen LogP contribution is 1.81. The van der Waals surface area contributed by atoms with Crippen LogP contribution in [0.15, 0.2) is 4.99 Å². The summed E-state index contributed by atoms with van der Waals surface area (Å²) >= 11 is 3.91. The molecule has 10 heavy (non-hydrogen) atoms. The van der Waals surface area contributed by atoms with Crippen molar-refractivity contribution in [2.75, 3.05) is 19.3 Å². The van der Waals surface area contributed by atoms with E-state index in [2.05, 4.69) is 22.9 Å². The van der Waals surface area contributed by atoms with E-state index in [0.29, 0.717) is 18.7 Å². The predicted octanol–water partition coefficient (Wildman–Crippen LogP) is 0.123. The molecule has 58 valence electrons. The summed E-state index contributed by atoms with van der Waals surface area (Å²) < 4.78 is 0. The van der Waals surface area contributed by atoms with E-state index in [4.69, 9.17) is 0 Å². The Morgan fingerprint density at radius 3 is 3.00 bits per heavy atom. The molecule has 0 rings (SSSR count). The average Bonchev–Trinajstić information content (AvgIpc) is 1.89. The van der Waals surface area contributed by atoms with Crippen molar-refractivity contribution >= 4 is 24.8 Å². The van der Waals surface area contributed by atoms with E-state index in [1.54, 1.807) is 13.3 Å². The minimum atomic E-state index is 0.0231. The maximum absolute atomic E-state index is 10.7. The minimum absolute atomic E-state index is 0.0231. The van der Waals surface area contributed by atoms with Crippen molar-refractivity contribution in [3.63, 3.8) is 0 Å². The molecule has 0 aliphatic carbocycles. The van der Waals surface area contributed by atoms with Gasteiger partial charge in [-0.1, -0.05) is 0 Å². The SMILES string of the molecule is CN=CCNC(=O)CCS. The van der Waals surface area contributed by atoms with Crippen LogP contribution in [-0.2, 0) is 4.79 Å². The lowest BCUT2D eigenvalue weighted by atomic mass is 10.4. The number of aliphatic imine (C=N–C) groups is 1. The highest BCUT2D eigenvalue weighted by atomic mass is 32.1. The molecule has 0 atom stereocenters. The summed E-state index contributed by atoms with van der Waals surface area (Å²) in [6.45, 7) is 0.517. The molecule has 0 aromatic heterocycles. The zero-order valence-electron chi connectivity index (χ0n) is 6.00. The van der Waals surface area contributed by atoms with Gasteiger partial charge in [0.15, 0.2) is 0 Å². The van der Waals surface area contributed by atoms with Crippen molar-refractivity contribution in [3.05, 3.63) is 0 Å². The lowest BCUT2D eigenvalue weighted by Gasteiger charge is -1.97. The molecule has 0 saturated heterocycles. The Hall–Kier alpha value is -0.510. The molecule has 0 spiro atoms. The Morgan fingerprint density at radius 2 is 2.50 bits per heavy atom. The van der Waals surface area contributed by atoms with Crippen molar-refractivity contribution in [2.24, 2.45) is 4.99 Å². The Labute approximate surface area is 66.3 Å². The van der Waals surface area contributed by atoms with E-state index < -0.39 is 0 Å². The van der Waals surface area contributed by atoms with Crippen LogP contribution in [0.5, 0.6) is 0 Å². The summed E-state index contributed by atoms with van der Waals surface area (Å²) in [4.78, 5) is 14.4. The number of rotatable bonds is 4. The van der Waals surface area contributed by atoms with Gasteiger partial charge in [0.05, 0.1) is 6.54 Å². The van der Waals surface area contributed by atoms with E-state index >= 15 is 0 Å². The molecule has 0 aromatic carbocycles. The second-order valence-electron chi connectivity index (χ2n) is 1.72. The smallest absolute Gasteiger partial charge is 0.221 e. The second kappa shape index (κ2) is 6.61. The number of nitrogens with one attached hydrogen (secondary N) is 1. The topological polar surface area (TPSA) is 41.5 Å². The molecule has 0 unspecified atom stereocenters. The normalized spacial score (nSPS) is 10.2. The van der Waals surface area contributed by atoms with Crippen molar-refractivity contribution in [3.8, 4) is 0 Å². The van der Waals surface area contributed by atoms with E-state index in [0.717, 1.165) is 0 Å². The maximum Gasteiger partial charge on any atom is 0.221 e. The highest BCUT2D eigenvalue weighted by molar-refractivity contribution is 7.80. The molecule has 0 radical (unpaired) electrons. The van der Waals surface area contributed by atoms with Gasteiger partial charge in [0.2, 0.25) is 5.91 Å². The number of carbonyl (C=O) groups is 1. The van der Waals surface area contributed by atoms with Crippen LogP contribution in [0.3, 0.4) is 0 Å². The van der Waals surface area contributed by atoms with Gasteiger partial charge in [-0.2, -0.15) is 12.6 Å². The first-order valence-corrected chi connectivity index (χ1v) is 3.72. The average molecular weight is 160 g/mol. The van der Waals surface area contributed by atoms with E-state index in [9.17, 15) is 4.79 Å². The van der Waals surface area contributed by atoms with Crippen LogP contribution in [0.1, 0.15) is 6.42 Å². The molecule has 0 aromatic rings. The van der Waals surface area contributed by atoms with Gasteiger partial charge >= 0.3 is 0 Å². The molecule has 1 N–H and O–H groups in total. The maximum atomic E-state index is 10.7. The first-order valence-electron chi connectivity index (χ1n) is 3.09. The van der Waals surface area contributed by atoms with E-state index in [1.807, 2.05) is 0 Å². The van der Waals surface area contributed by atoms with Crippen molar-refractivity contribution in [1.82, 2.24) is 5.32 Å². The molecular weight excluding hydrogens is 148 g/mol. The molecule has 1 amide bonds. The van der Waals surface area contributed by atoms with Crippen molar-refractivity contribution < 1.29 is 4.79 Å². The van der Waals surface area contributed by atoms with E-state index in [1.165, 1.54) is 0 Å². The highest BCUT2D eigenvalue weighted by Gasteiger charge is 1.94. The fourth-order valence-corrected chi connectivity index (χ4v) is 0.644. The molecule has 0 bridgehead atoms. The lowest BCUT2D eigenvalue weighted by Crippen LogP contribution is -2.25. The Morgan fingerprint density at radius 1 is 1.80 bits per heavy atom. The largest absolute Gasteiger partial charge is 0.351 e. The lowest BCUT2D eigenvalue weighted by molar-refractivity contribution is -0.120. The van der Waals surface area contributed by atoms with Gasteiger partial charge in [-0.25, -0.2) is 0 Å². The van der Waals surface area contributed by atoms with Gasteiger partial charge in [0, 0.05) is 19.7 Å². The fourth-order valence-electron chi connectivity index (χ4n) is 0.441. The number of hydrogen-bond acceptors (Lipinski definition) is 3. The van der Waals surface area contributed by atoms with Gasteiger partial charge in [-0.3, -0.25) is 9.79 Å². The molecule has 0 fully saturated rings. The van der Waals surface area contributed by atoms with Crippen molar-refractivity contribution in [1.29, 1.82) is 0 Å². The standard InChI is InChI=1S/C6H12N2OS/c1-7-3-4-8-6(9)2-5-10/h3,10H,2,4-5H2,1H3,(H,8,9). The molecule has 0 aliphatic heterocycles. The van der Waals surface area contributed by atoms with Crippen LogP contribution in [0.25, 0.3) is 0 Å². The summed E-state index contributed by atoms with van der Waals surface area (Å²) in [6.07, 6.45) is 2.12. The minimum Gasteiger partial charge on any atom is -0.351 e. The fraction of sp³-hybridized carbons (Fsp3) is 0.667. The van der Waals surface area contributed by atoms with Crippen LogP contribution in [-0.4, -0.2) is 31.5 Å². The zero-order valence-corrected chi connectivity index (χ0v) is 6.90. The third-order valence-electron chi connectivity index (χ3n) is 0.912. The van der Waals surface area contributed by atoms with Gasteiger partial charge in [-0.15, -0.1) is 0 Å². The summed E-state index contributed by atoms with van der Waals surface area (Å²) in [5.74, 6) is 0.615. The Kier molecular flexibility index (Phi) is 6.27. The second-order valence-corrected chi connectivity index (χ2v) is 2.17. The Bertz CT molecular complexity index is 125. The third-order valence-corrected chi connectivity index (χ3v) is 1.14. The molecular formula is C6H12N2OS. The van der Waals surface area contributed by atoms with Crippen LogP contribution >= 0.6 is 12.6 Å². The molecule has 0 saturated carbocycles. The Balaban J connectivity index is 3.21. The number of nitrogens with zero attached hydrogens (tertiary/aromatic N) is 1. The van der Waals surface area contributed by atoms with Gasteiger partial charge in [-0.05, 0) is 5.75 Å². The first-order chi connectivity index (χ1) is 4.81. The number of thiol groups is 1. The number of hydrogen-bond donors (Lipinski definition) is 2. The molecule has 4 heteroatoms. The summed E-state index contributed by atoms with van der Waals surface area (Å²) in [7, 11) is 1.67. The first kappa shape index (κ1) is 9.49. The van der Waals surface area contributed by atoms with Crippen molar-refractivity contribution in [2.45, 2.75) is 6.42 Å². The van der Waals surface area contributed by atoms with Crippen LogP contribution < -0.4 is 5.32 Å².